The molecule has 4 aromatic rings. The Kier molecular flexibility index (Phi) is 6.87. The van der Waals surface area contributed by atoms with Gasteiger partial charge in [-0.25, -0.2) is 19.3 Å². The van der Waals surface area contributed by atoms with Crippen LogP contribution in [0.4, 0.5) is 16.2 Å². The molecule has 0 saturated carbocycles. The van der Waals surface area contributed by atoms with Crippen LogP contribution in [-0.2, 0) is 37.6 Å². The van der Waals surface area contributed by atoms with Crippen molar-refractivity contribution in [2.24, 2.45) is 0 Å². The molecule has 0 spiro atoms. The number of hydrogen-bond donors (Lipinski definition) is 4. The Labute approximate surface area is 243 Å². The highest BCUT2D eigenvalue weighted by Crippen LogP contribution is 2.47. The number of anilines is 2. The highest BCUT2D eigenvalue weighted by atomic mass is 32.2. The van der Waals surface area contributed by atoms with Crippen LogP contribution in [0, 0.1) is 0 Å². The van der Waals surface area contributed by atoms with E-state index >= 15 is 4.39 Å². The molecule has 44 heavy (non-hydrogen) atoms. The van der Waals surface area contributed by atoms with Crippen molar-refractivity contribution >= 4 is 52.2 Å². The third-order valence-corrected chi connectivity index (χ3v) is 9.08. The van der Waals surface area contributed by atoms with Crippen LogP contribution in [-0.4, -0.2) is 96.6 Å². The molecule has 3 fully saturated rings. The predicted octanol–water partition coefficient (Wildman–Crippen LogP) is -2.85. The Morgan fingerprint density at radius 3 is 2.75 bits per heavy atom. The van der Waals surface area contributed by atoms with Gasteiger partial charge in [-0.1, -0.05) is 5.21 Å². The second-order valence-electron chi connectivity index (χ2n) is 9.87. The average Bonchev–Trinajstić information content (AvgIpc) is 3.72. The molecule has 7 heterocycles. The van der Waals surface area contributed by atoms with E-state index in [1.165, 1.54) is 0 Å². The highest BCUT2D eigenvalue weighted by Gasteiger charge is 2.50. The lowest BCUT2D eigenvalue weighted by atomic mass is 10.1. The first kappa shape index (κ1) is 29.0. The summed E-state index contributed by atoms with van der Waals surface area (Å²) >= 11 is 0. The number of rotatable bonds is 2. The Morgan fingerprint density at radius 2 is 1.93 bits per heavy atom. The number of halogens is 1. The average molecular weight is 659 g/mol. The number of H-pyrrole nitrogens is 1. The first-order valence-electron chi connectivity index (χ1n) is 12.7. The molecule has 1 unspecified atom stereocenters. The number of phosphoric ester groups is 1. The lowest BCUT2D eigenvalue weighted by Crippen LogP contribution is -2.44. The maximum atomic E-state index is 15.8. The quantitative estimate of drug-likeness (QED) is 0.157. The topological polar surface area (TPSA) is 305 Å². The SMILES string of the molecule is Nc1nc2c(nnn2[C@H]2C[C@@H]3OS(=O)(=O)NC[C@H]4O[C@@H](n5cnc6c(N)ncnc65)[C@H](F)[C@@H]4OP(=O)([O-])OC[C@H]3O2)c(=O)[nH]1. The number of aromatic amines is 1. The number of nitrogens with one attached hydrogen (secondary N) is 2. The molecule has 22 nitrogen and oxygen atoms in total. The summed E-state index contributed by atoms with van der Waals surface area (Å²) in [4.78, 5) is 43.1. The number of phosphoric acid groups is 1. The van der Waals surface area contributed by atoms with Crippen molar-refractivity contribution in [2.45, 2.75) is 49.5 Å². The molecule has 3 saturated heterocycles. The predicted molar refractivity (Wildman–Crippen MR) is 138 cm³/mol. The number of ether oxygens (including phenoxy) is 2. The molecule has 0 aliphatic carbocycles. The molecule has 6 N–H and O–H groups in total. The van der Waals surface area contributed by atoms with Gasteiger partial charge in [-0.15, -0.1) is 5.10 Å². The smallest absolute Gasteiger partial charge is 0.336 e. The number of fused-ring (bicyclic) bond motifs is 4. The van der Waals surface area contributed by atoms with E-state index < -0.39 is 79.9 Å². The van der Waals surface area contributed by atoms with Gasteiger partial charge in [0.05, 0.1) is 12.9 Å². The maximum Gasteiger partial charge on any atom is 0.336 e. The third kappa shape index (κ3) is 5.08. The zero-order valence-electron chi connectivity index (χ0n) is 21.9. The minimum absolute atomic E-state index is 0.00771. The molecule has 4 aromatic heterocycles. The largest absolute Gasteiger partial charge is 0.756 e. The summed E-state index contributed by atoms with van der Waals surface area (Å²) in [7, 11) is -9.87. The first-order valence-corrected chi connectivity index (χ1v) is 15.6. The number of alkyl halides is 1. The summed E-state index contributed by atoms with van der Waals surface area (Å²) in [5.74, 6) is -0.237. The van der Waals surface area contributed by atoms with Gasteiger partial charge in [-0.05, 0) is 0 Å². The van der Waals surface area contributed by atoms with Crippen LogP contribution in [0.2, 0.25) is 0 Å². The van der Waals surface area contributed by atoms with Crippen LogP contribution in [0.5, 0.6) is 0 Å². The molecule has 3 aliphatic rings. The number of nitrogen functional groups attached to an aromatic ring is 2. The molecule has 0 amide bonds. The summed E-state index contributed by atoms with van der Waals surface area (Å²) in [6.45, 7) is -1.48. The summed E-state index contributed by atoms with van der Waals surface area (Å²) < 4.78 is 85.8. The zero-order valence-corrected chi connectivity index (χ0v) is 23.6. The van der Waals surface area contributed by atoms with Gasteiger partial charge in [0.25, 0.3) is 13.4 Å². The van der Waals surface area contributed by atoms with Gasteiger partial charge < -0.3 is 34.9 Å². The van der Waals surface area contributed by atoms with E-state index in [1.54, 1.807) is 0 Å². The Bertz CT molecular complexity index is 1970. The van der Waals surface area contributed by atoms with E-state index in [0.29, 0.717) is 0 Å². The van der Waals surface area contributed by atoms with Crippen LogP contribution >= 0.6 is 7.82 Å². The molecule has 0 bridgehead atoms. The number of imidazole rings is 1. The number of nitrogens with two attached hydrogens (primary N) is 2. The summed E-state index contributed by atoms with van der Waals surface area (Å²) in [6, 6.07) is 0. The van der Waals surface area contributed by atoms with E-state index in [2.05, 4.69) is 40.0 Å². The van der Waals surface area contributed by atoms with Crippen LogP contribution in [0.3, 0.4) is 0 Å². The van der Waals surface area contributed by atoms with E-state index in [1.807, 2.05) is 0 Å². The molecule has 236 valence electrons. The van der Waals surface area contributed by atoms with Crippen molar-refractivity contribution in [2.75, 3.05) is 24.6 Å². The fourth-order valence-corrected chi connectivity index (χ4v) is 7.05. The van der Waals surface area contributed by atoms with Crippen molar-refractivity contribution in [1.82, 2.24) is 49.2 Å². The van der Waals surface area contributed by atoms with Crippen molar-refractivity contribution < 1.29 is 45.0 Å². The van der Waals surface area contributed by atoms with Crippen molar-refractivity contribution in [3.63, 3.8) is 0 Å². The van der Waals surface area contributed by atoms with E-state index in [4.69, 9.17) is 34.2 Å². The van der Waals surface area contributed by atoms with Gasteiger partial charge >= 0.3 is 10.3 Å². The van der Waals surface area contributed by atoms with Crippen molar-refractivity contribution in [3.05, 3.63) is 23.0 Å². The standard InChI is InChI=1S/C19H22FN12O10PS/c20-10-13-7(40-18(10)31-5-25-11-14(21)23-4-24-15(11)31)2-26-44(36,37)42-6-1-9(39-8(6)3-38-43(34,35)41-13)32-16-12(29-30-32)17(33)28-19(22)27-16/h4-10,13,18,26H,1-3H2,(H,34,35)(H2,21,23,24)(H3,22,27,28,33)/p-1/t6-,7+,8+,9+,10+,13+,18+/m0/s1. The molecular formula is C19H21FN12O10PS-. The first-order chi connectivity index (χ1) is 20.9. The van der Waals surface area contributed by atoms with E-state index in [-0.39, 0.29) is 40.5 Å². The van der Waals surface area contributed by atoms with E-state index in [9.17, 15) is 22.7 Å². The highest BCUT2D eigenvalue weighted by molar-refractivity contribution is 7.84. The molecule has 8 atom stereocenters. The van der Waals surface area contributed by atoms with Crippen LogP contribution < -0.4 is 26.6 Å². The molecular weight excluding hydrogens is 638 g/mol. The zero-order chi connectivity index (χ0) is 31.0. The third-order valence-electron chi connectivity index (χ3n) is 7.09. The Hall–Kier alpha value is -3.74. The van der Waals surface area contributed by atoms with Crippen LogP contribution in [0.25, 0.3) is 22.3 Å². The molecule has 3 aliphatic heterocycles. The monoisotopic (exact) mass is 659 g/mol. The van der Waals surface area contributed by atoms with Gasteiger partial charge in [-0.2, -0.15) is 22.8 Å². The molecule has 7 rings (SSSR count). The number of nitrogens with zero attached hydrogens (tertiary/aromatic N) is 8. The lowest BCUT2D eigenvalue weighted by molar-refractivity contribution is -0.235. The summed E-state index contributed by atoms with van der Waals surface area (Å²) in [6.07, 6.45) is -8.86. The van der Waals surface area contributed by atoms with Gasteiger partial charge in [-0.3, -0.25) is 23.1 Å². The molecule has 25 heteroatoms. The molecule has 0 aromatic carbocycles. The Balaban J connectivity index is 1.15. The summed E-state index contributed by atoms with van der Waals surface area (Å²) in [5.41, 5.74) is 10.7. The second kappa shape index (κ2) is 10.4. The fraction of sp³-hybridized carbons (Fsp3) is 0.526. The minimum Gasteiger partial charge on any atom is -0.756 e. The minimum atomic E-state index is -5.28. The van der Waals surface area contributed by atoms with Crippen molar-refractivity contribution in [1.29, 1.82) is 0 Å². The van der Waals surface area contributed by atoms with Gasteiger partial charge in [0.2, 0.25) is 5.95 Å². The van der Waals surface area contributed by atoms with Gasteiger partial charge in [0.15, 0.2) is 41.3 Å². The van der Waals surface area contributed by atoms with Crippen molar-refractivity contribution in [3.8, 4) is 0 Å². The lowest BCUT2D eigenvalue weighted by Gasteiger charge is -2.31. The summed E-state index contributed by atoms with van der Waals surface area (Å²) in [5, 5.41) is 7.57. The number of aromatic nitrogens is 9. The van der Waals surface area contributed by atoms with Crippen LogP contribution in [0.1, 0.15) is 18.9 Å². The number of hydrogen-bond acceptors (Lipinski definition) is 18. The normalized spacial score (nSPS) is 34.4. The molecule has 0 radical (unpaired) electrons. The second-order valence-corrected chi connectivity index (χ2v) is 12.6. The van der Waals surface area contributed by atoms with E-state index in [0.717, 1.165) is 21.9 Å². The van der Waals surface area contributed by atoms with Crippen LogP contribution in [0.15, 0.2) is 17.4 Å². The Morgan fingerprint density at radius 1 is 1.11 bits per heavy atom. The maximum absolute atomic E-state index is 15.8. The van der Waals surface area contributed by atoms with Gasteiger partial charge in [0.1, 0.15) is 36.3 Å². The fourth-order valence-electron chi connectivity index (χ4n) is 5.14. The van der Waals surface area contributed by atoms with Gasteiger partial charge in [0, 0.05) is 13.0 Å².